The van der Waals surface area contributed by atoms with Crippen molar-refractivity contribution in [2.24, 2.45) is 0 Å². The molecule has 3 nitrogen and oxygen atoms in total. The Balaban J connectivity index is 1.30. The van der Waals surface area contributed by atoms with E-state index in [1.165, 1.54) is 54.7 Å². The highest BCUT2D eigenvalue weighted by molar-refractivity contribution is 6.26. The smallest absolute Gasteiger partial charge is 0.137 e. The minimum absolute atomic E-state index is 0.885. The predicted molar refractivity (Wildman–Crippen MR) is 188 cm³/mol. The number of fused-ring (bicyclic) bond motifs is 10. The van der Waals surface area contributed by atoms with Gasteiger partial charge in [0.15, 0.2) is 0 Å². The van der Waals surface area contributed by atoms with E-state index < -0.39 is 0 Å². The molecule has 0 fully saturated rings. The minimum atomic E-state index is 0.885. The maximum absolute atomic E-state index is 6.55. The molecule has 3 aromatic heterocycles. The van der Waals surface area contributed by atoms with Gasteiger partial charge in [-0.25, -0.2) is 0 Å². The summed E-state index contributed by atoms with van der Waals surface area (Å²) in [6.07, 6.45) is 0. The second-order valence-electron chi connectivity index (χ2n) is 11.7. The van der Waals surface area contributed by atoms with E-state index in [2.05, 4.69) is 167 Å². The second-order valence-corrected chi connectivity index (χ2v) is 11.7. The van der Waals surface area contributed by atoms with Crippen molar-refractivity contribution in [1.29, 1.82) is 0 Å². The summed E-state index contributed by atoms with van der Waals surface area (Å²) in [7, 11) is 0. The highest BCUT2D eigenvalue weighted by Crippen LogP contribution is 2.43. The highest BCUT2D eigenvalue weighted by atomic mass is 16.3. The number of rotatable bonds is 3. The van der Waals surface area contributed by atoms with Crippen LogP contribution in [0.15, 0.2) is 162 Å². The van der Waals surface area contributed by atoms with Crippen LogP contribution in [0.2, 0.25) is 0 Å². The van der Waals surface area contributed by atoms with Crippen molar-refractivity contribution >= 4 is 65.6 Å². The Hall–Kier alpha value is -6.06. The van der Waals surface area contributed by atoms with Crippen LogP contribution < -0.4 is 0 Å². The van der Waals surface area contributed by atoms with Gasteiger partial charge in [0.05, 0.1) is 22.1 Å². The van der Waals surface area contributed by atoms with Gasteiger partial charge >= 0.3 is 0 Å². The Morgan fingerprint density at radius 3 is 1.89 bits per heavy atom. The summed E-state index contributed by atoms with van der Waals surface area (Å²) >= 11 is 0. The van der Waals surface area contributed by atoms with Crippen LogP contribution in [0.3, 0.4) is 0 Å². The molecule has 3 heterocycles. The van der Waals surface area contributed by atoms with Gasteiger partial charge in [0, 0.05) is 49.8 Å². The molecular weight excluding hydrogens is 548 g/mol. The van der Waals surface area contributed by atoms with Crippen LogP contribution in [0.5, 0.6) is 0 Å². The van der Waals surface area contributed by atoms with E-state index in [4.69, 9.17) is 4.42 Å². The lowest BCUT2D eigenvalue weighted by Gasteiger charge is -2.10. The number of hydrogen-bond acceptors (Lipinski definition) is 1. The zero-order valence-electron chi connectivity index (χ0n) is 24.3. The summed E-state index contributed by atoms with van der Waals surface area (Å²) < 4.78 is 11.4. The fourth-order valence-electron chi connectivity index (χ4n) is 7.44. The molecule has 0 unspecified atom stereocenters. The summed E-state index contributed by atoms with van der Waals surface area (Å²) in [5.74, 6) is 0. The van der Waals surface area contributed by atoms with Crippen molar-refractivity contribution in [3.8, 4) is 22.5 Å². The van der Waals surface area contributed by atoms with Gasteiger partial charge in [-0.2, -0.15) is 0 Å². The zero-order chi connectivity index (χ0) is 29.5. The molecule has 0 spiro atoms. The number of hydrogen-bond donors (Lipinski definition) is 0. The normalized spacial score (nSPS) is 12.0. The molecule has 0 atom stereocenters. The maximum atomic E-state index is 6.55. The molecule has 0 saturated carbocycles. The lowest BCUT2D eigenvalue weighted by Crippen LogP contribution is -1.95. The summed E-state index contributed by atoms with van der Waals surface area (Å²) in [5, 5.41) is 7.27. The maximum Gasteiger partial charge on any atom is 0.137 e. The number of aromatic nitrogens is 2. The first kappa shape index (κ1) is 24.4. The largest absolute Gasteiger partial charge is 0.456 e. The number of furan rings is 1. The van der Waals surface area contributed by atoms with E-state index in [-0.39, 0.29) is 0 Å². The van der Waals surface area contributed by atoms with E-state index in [1.807, 2.05) is 0 Å². The predicted octanol–water partition coefficient (Wildman–Crippen LogP) is 11.4. The standard InChI is InChI=1S/C42H26N2O/c1-3-12-27(13-4-1)30-18-11-21-38-40(30)34-23-22-29(26-39(34)45-38)43-36-20-10-8-17-33(36)41-37(43)25-24-32-31-16-7-9-19-35(31)44(42(32)41)28-14-5-2-6-15-28/h1-26H. The fourth-order valence-corrected chi connectivity index (χ4v) is 7.44. The van der Waals surface area contributed by atoms with Crippen molar-refractivity contribution in [2.75, 3.05) is 0 Å². The minimum Gasteiger partial charge on any atom is -0.456 e. The van der Waals surface area contributed by atoms with Crippen LogP contribution in [-0.4, -0.2) is 9.13 Å². The molecule has 10 aromatic rings. The Bertz CT molecular complexity index is 2740. The topological polar surface area (TPSA) is 23.0 Å². The van der Waals surface area contributed by atoms with Crippen LogP contribution in [-0.2, 0) is 0 Å². The van der Waals surface area contributed by atoms with Gasteiger partial charge in [0.1, 0.15) is 11.2 Å². The van der Waals surface area contributed by atoms with Crippen LogP contribution in [0.25, 0.3) is 88.1 Å². The van der Waals surface area contributed by atoms with Gasteiger partial charge in [-0.15, -0.1) is 0 Å². The zero-order valence-corrected chi connectivity index (χ0v) is 24.3. The average Bonchev–Trinajstić information content (AvgIpc) is 3.76. The van der Waals surface area contributed by atoms with Gasteiger partial charge in [-0.3, -0.25) is 0 Å². The van der Waals surface area contributed by atoms with Crippen LogP contribution >= 0.6 is 0 Å². The molecule has 7 aromatic carbocycles. The number of para-hydroxylation sites is 3. The van der Waals surface area contributed by atoms with Crippen molar-refractivity contribution in [2.45, 2.75) is 0 Å². The van der Waals surface area contributed by atoms with Gasteiger partial charge < -0.3 is 13.6 Å². The molecular formula is C42H26N2O. The molecule has 0 aliphatic heterocycles. The second kappa shape index (κ2) is 9.22. The van der Waals surface area contributed by atoms with E-state index in [9.17, 15) is 0 Å². The summed E-state index contributed by atoms with van der Waals surface area (Å²) in [4.78, 5) is 0. The SMILES string of the molecule is c1ccc(-c2cccc3oc4cc(-n5c6ccccc6c6c5ccc5c7ccccc7n(-c7ccccc7)c56)ccc4c23)cc1. The molecule has 0 N–H and O–H groups in total. The van der Waals surface area contributed by atoms with Crippen LogP contribution in [0.4, 0.5) is 0 Å². The van der Waals surface area contributed by atoms with Crippen LogP contribution in [0.1, 0.15) is 0 Å². The molecule has 3 heteroatoms. The molecule has 210 valence electrons. The molecule has 45 heavy (non-hydrogen) atoms. The third-order valence-corrected chi connectivity index (χ3v) is 9.31. The van der Waals surface area contributed by atoms with E-state index in [1.54, 1.807) is 0 Å². The van der Waals surface area contributed by atoms with Gasteiger partial charge in [0.25, 0.3) is 0 Å². The molecule has 0 saturated heterocycles. The Morgan fingerprint density at radius 1 is 0.378 bits per heavy atom. The Labute approximate surface area is 258 Å². The van der Waals surface area contributed by atoms with Crippen molar-refractivity contribution in [3.05, 3.63) is 158 Å². The summed E-state index contributed by atoms with van der Waals surface area (Å²) in [5.41, 5.74) is 11.2. The third kappa shape index (κ3) is 3.41. The highest BCUT2D eigenvalue weighted by Gasteiger charge is 2.21. The first-order valence-corrected chi connectivity index (χ1v) is 15.4. The lowest BCUT2D eigenvalue weighted by atomic mass is 9.99. The Kier molecular flexibility index (Phi) is 5.00. The van der Waals surface area contributed by atoms with Gasteiger partial charge in [-0.1, -0.05) is 103 Å². The van der Waals surface area contributed by atoms with Crippen molar-refractivity contribution in [1.82, 2.24) is 9.13 Å². The average molecular weight is 575 g/mol. The lowest BCUT2D eigenvalue weighted by molar-refractivity contribution is 0.668. The molecule has 0 aliphatic carbocycles. The molecule has 10 rings (SSSR count). The number of nitrogens with zero attached hydrogens (tertiary/aromatic N) is 2. The summed E-state index contributed by atoms with van der Waals surface area (Å²) in [6.45, 7) is 0. The molecule has 0 bridgehead atoms. The monoisotopic (exact) mass is 574 g/mol. The molecule has 0 aliphatic rings. The van der Waals surface area contributed by atoms with Gasteiger partial charge in [-0.05, 0) is 59.7 Å². The van der Waals surface area contributed by atoms with E-state index in [0.717, 1.165) is 33.3 Å². The van der Waals surface area contributed by atoms with Gasteiger partial charge in [0.2, 0.25) is 0 Å². The van der Waals surface area contributed by atoms with Crippen molar-refractivity contribution in [3.63, 3.8) is 0 Å². The quantitative estimate of drug-likeness (QED) is 0.206. The first-order valence-electron chi connectivity index (χ1n) is 15.4. The summed E-state index contributed by atoms with van der Waals surface area (Å²) in [6, 6.07) is 56.3. The first-order chi connectivity index (χ1) is 22.3. The number of benzene rings is 7. The van der Waals surface area contributed by atoms with Crippen LogP contribution in [0, 0.1) is 0 Å². The Morgan fingerprint density at radius 2 is 1.07 bits per heavy atom. The van der Waals surface area contributed by atoms with E-state index >= 15 is 0 Å². The molecule has 0 amide bonds. The third-order valence-electron chi connectivity index (χ3n) is 9.31. The fraction of sp³-hybridized carbons (Fsp3) is 0. The van der Waals surface area contributed by atoms with Crippen molar-refractivity contribution < 1.29 is 4.42 Å². The van der Waals surface area contributed by atoms with E-state index in [0.29, 0.717) is 0 Å². The molecule has 0 radical (unpaired) electrons.